The van der Waals surface area contributed by atoms with Gasteiger partial charge in [0.2, 0.25) is 0 Å². The van der Waals surface area contributed by atoms with Gasteiger partial charge in [0.05, 0.1) is 5.57 Å². The van der Waals surface area contributed by atoms with Crippen LogP contribution in [-0.2, 0) is 11.2 Å². The molecule has 148 valence electrons. The molecule has 29 heavy (non-hydrogen) atoms. The number of aryl methyl sites for hydroxylation is 1. The molecule has 2 aromatic carbocycles. The van der Waals surface area contributed by atoms with E-state index in [1.54, 1.807) is 0 Å². The number of aromatic amines is 1. The van der Waals surface area contributed by atoms with Crippen molar-refractivity contribution in [3.05, 3.63) is 82.8 Å². The summed E-state index contributed by atoms with van der Waals surface area (Å²) in [5.41, 5.74) is 5.86. The third-order valence-corrected chi connectivity index (χ3v) is 5.77. The molecule has 1 aromatic heterocycles. The normalized spacial score (nSPS) is 18.6. The SMILES string of the molecule is CC(=O)C1=C(O)CC(c2ccccc2)CC1=NCCc1c(C)[nH]c2ccccc12. The van der Waals surface area contributed by atoms with Crippen molar-refractivity contribution in [2.24, 2.45) is 4.99 Å². The number of nitrogens with zero attached hydrogens (tertiary/aromatic N) is 1. The Morgan fingerprint density at radius 1 is 1.10 bits per heavy atom. The highest BCUT2D eigenvalue weighted by Crippen LogP contribution is 2.34. The first-order chi connectivity index (χ1) is 14.0. The second-order valence-electron chi connectivity index (χ2n) is 7.75. The molecule has 0 saturated heterocycles. The minimum atomic E-state index is -0.115. The number of aliphatic hydroxyl groups excluding tert-OH is 1. The van der Waals surface area contributed by atoms with E-state index in [1.807, 2.05) is 30.3 Å². The van der Waals surface area contributed by atoms with E-state index in [4.69, 9.17) is 4.99 Å². The summed E-state index contributed by atoms with van der Waals surface area (Å²) in [7, 11) is 0. The highest BCUT2D eigenvalue weighted by atomic mass is 16.3. The summed E-state index contributed by atoms with van der Waals surface area (Å²) in [6.07, 6.45) is 1.96. The number of hydrogen-bond donors (Lipinski definition) is 2. The van der Waals surface area contributed by atoms with Crippen LogP contribution in [0.1, 0.15) is 42.5 Å². The largest absolute Gasteiger partial charge is 0.511 e. The minimum Gasteiger partial charge on any atom is -0.511 e. The van der Waals surface area contributed by atoms with E-state index in [0.29, 0.717) is 25.0 Å². The number of aromatic nitrogens is 1. The number of ketones is 1. The molecule has 1 heterocycles. The molecule has 1 atom stereocenters. The first-order valence-corrected chi connectivity index (χ1v) is 10.1. The molecule has 4 rings (SSSR count). The Kier molecular flexibility index (Phi) is 5.34. The van der Waals surface area contributed by atoms with Crippen LogP contribution in [0.4, 0.5) is 0 Å². The Hall–Kier alpha value is -3.14. The van der Waals surface area contributed by atoms with Gasteiger partial charge in [0.15, 0.2) is 5.78 Å². The van der Waals surface area contributed by atoms with Crippen LogP contribution in [-0.4, -0.2) is 28.1 Å². The molecule has 0 spiro atoms. The molecule has 3 aromatic rings. The van der Waals surface area contributed by atoms with Crippen molar-refractivity contribution in [2.45, 2.75) is 39.0 Å². The van der Waals surface area contributed by atoms with E-state index in [0.717, 1.165) is 23.3 Å². The molecule has 0 bridgehead atoms. The van der Waals surface area contributed by atoms with Crippen molar-refractivity contribution in [2.75, 3.05) is 6.54 Å². The van der Waals surface area contributed by atoms with Crippen molar-refractivity contribution < 1.29 is 9.90 Å². The second-order valence-corrected chi connectivity index (χ2v) is 7.75. The van der Waals surface area contributed by atoms with E-state index >= 15 is 0 Å². The van der Waals surface area contributed by atoms with Gasteiger partial charge in [-0.3, -0.25) is 9.79 Å². The molecular formula is C25H26N2O2. The van der Waals surface area contributed by atoms with Gasteiger partial charge in [-0.1, -0.05) is 48.5 Å². The van der Waals surface area contributed by atoms with E-state index in [2.05, 4.69) is 36.2 Å². The van der Waals surface area contributed by atoms with E-state index < -0.39 is 0 Å². The summed E-state index contributed by atoms with van der Waals surface area (Å²) in [5.74, 6) is 0.198. The monoisotopic (exact) mass is 386 g/mol. The number of Topliss-reactive ketones (excluding diaryl/α,β-unsaturated/α-hetero) is 1. The fraction of sp³-hybridized carbons (Fsp3) is 0.280. The van der Waals surface area contributed by atoms with Crippen LogP contribution in [0, 0.1) is 6.92 Å². The van der Waals surface area contributed by atoms with Crippen molar-refractivity contribution in [3.63, 3.8) is 0 Å². The predicted octanol–water partition coefficient (Wildman–Crippen LogP) is 5.44. The number of aliphatic imine (C=N–C) groups is 1. The Balaban J connectivity index is 1.60. The van der Waals surface area contributed by atoms with Gasteiger partial charge in [0, 0.05) is 35.3 Å². The lowest BCUT2D eigenvalue weighted by Crippen LogP contribution is -2.23. The number of aliphatic hydroxyl groups is 1. The maximum Gasteiger partial charge on any atom is 0.164 e. The summed E-state index contributed by atoms with van der Waals surface area (Å²) in [6.45, 7) is 4.18. The zero-order valence-electron chi connectivity index (χ0n) is 16.9. The molecule has 4 nitrogen and oxygen atoms in total. The van der Waals surface area contributed by atoms with Crippen molar-refractivity contribution in [1.82, 2.24) is 4.98 Å². The molecule has 1 aliphatic rings. The van der Waals surface area contributed by atoms with Crippen molar-refractivity contribution >= 4 is 22.4 Å². The number of rotatable bonds is 5. The Labute approximate surface area is 171 Å². The van der Waals surface area contributed by atoms with Crippen LogP contribution in [0.2, 0.25) is 0 Å². The van der Waals surface area contributed by atoms with E-state index in [-0.39, 0.29) is 17.5 Å². The number of nitrogens with one attached hydrogen (secondary N) is 1. The molecule has 2 N–H and O–H groups in total. The second kappa shape index (κ2) is 8.08. The average Bonchev–Trinajstić information content (AvgIpc) is 3.03. The molecule has 1 aliphatic carbocycles. The highest BCUT2D eigenvalue weighted by Gasteiger charge is 2.29. The van der Waals surface area contributed by atoms with Crippen LogP contribution in [0.3, 0.4) is 0 Å². The van der Waals surface area contributed by atoms with Crippen LogP contribution in [0.5, 0.6) is 0 Å². The zero-order chi connectivity index (χ0) is 20.4. The number of benzene rings is 2. The van der Waals surface area contributed by atoms with Gasteiger partial charge >= 0.3 is 0 Å². The molecular weight excluding hydrogens is 360 g/mol. The Bertz CT molecular complexity index is 1110. The molecule has 0 aliphatic heterocycles. The summed E-state index contributed by atoms with van der Waals surface area (Å²) in [6, 6.07) is 18.4. The van der Waals surface area contributed by atoms with Gasteiger partial charge in [-0.05, 0) is 49.8 Å². The van der Waals surface area contributed by atoms with Gasteiger partial charge in [-0.15, -0.1) is 0 Å². The average molecular weight is 386 g/mol. The summed E-state index contributed by atoms with van der Waals surface area (Å²) in [5, 5.41) is 11.8. The Morgan fingerprint density at radius 3 is 2.59 bits per heavy atom. The van der Waals surface area contributed by atoms with Gasteiger partial charge in [0.1, 0.15) is 5.76 Å². The predicted molar refractivity (Wildman–Crippen MR) is 118 cm³/mol. The molecule has 0 fully saturated rings. The lowest BCUT2D eigenvalue weighted by Gasteiger charge is -2.25. The third-order valence-electron chi connectivity index (χ3n) is 5.77. The number of para-hydroxylation sites is 1. The summed E-state index contributed by atoms with van der Waals surface area (Å²) >= 11 is 0. The van der Waals surface area contributed by atoms with Gasteiger partial charge in [0.25, 0.3) is 0 Å². The van der Waals surface area contributed by atoms with E-state index in [1.165, 1.54) is 23.4 Å². The van der Waals surface area contributed by atoms with Crippen LogP contribution >= 0.6 is 0 Å². The van der Waals surface area contributed by atoms with Gasteiger partial charge in [-0.2, -0.15) is 0 Å². The van der Waals surface area contributed by atoms with Crippen LogP contribution in [0.15, 0.2) is 70.9 Å². The Morgan fingerprint density at radius 2 is 1.83 bits per heavy atom. The summed E-state index contributed by atoms with van der Waals surface area (Å²) < 4.78 is 0. The molecule has 1 unspecified atom stereocenters. The quantitative estimate of drug-likeness (QED) is 0.613. The number of carbonyl (C=O) groups is 1. The lowest BCUT2D eigenvalue weighted by atomic mass is 9.81. The first-order valence-electron chi connectivity index (χ1n) is 10.1. The topological polar surface area (TPSA) is 65.4 Å². The maximum absolute atomic E-state index is 12.2. The fourth-order valence-corrected chi connectivity index (χ4v) is 4.38. The van der Waals surface area contributed by atoms with Crippen molar-refractivity contribution in [1.29, 1.82) is 0 Å². The fourth-order valence-electron chi connectivity index (χ4n) is 4.38. The molecule has 4 heteroatoms. The first kappa shape index (κ1) is 19.2. The maximum atomic E-state index is 12.2. The third kappa shape index (κ3) is 3.88. The standard InChI is InChI=1S/C25H26N2O2/c1-16-20(21-10-6-7-11-22(21)27-16)12-13-26-23-14-19(18-8-4-3-5-9-18)15-24(29)25(23)17(2)28/h3-11,19,27,29H,12-15H2,1-2H3. The van der Waals surface area contributed by atoms with Crippen molar-refractivity contribution in [3.8, 4) is 0 Å². The lowest BCUT2D eigenvalue weighted by molar-refractivity contribution is -0.113. The molecule has 0 radical (unpaired) electrons. The van der Waals surface area contributed by atoms with E-state index in [9.17, 15) is 9.90 Å². The number of fused-ring (bicyclic) bond motifs is 1. The van der Waals surface area contributed by atoms with Crippen LogP contribution < -0.4 is 0 Å². The van der Waals surface area contributed by atoms with Gasteiger partial charge in [-0.25, -0.2) is 0 Å². The highest BCUT2D eigenvalue weighted by molar-refractivity contribution is 6.22. The molecule has 0 amide bonds. The number of hydrogen-bond acceptors (Lipinski definition) is 3. The number of allylic oxidation sites excluding steroid dienone is 2. The number of H-pyrrole nitrogens is 1. The van der Waals surface area contributed by atoms with Crippen LogP contribution in [0.25, 0.3) is 10.9 Å². The number of carbonyl (C=O) groups excluding carboxylic acids is 1. The van der Waals surface area contributed by atoms with Gasteiger partial charge < -0.3 is 10.1 Å². The minimum absolute atomic E-state index is 0.115. The molecule has 0 saturated carbocycles. The zero-order valence-corrected chi connectivity index (χ0v) is 16.9. The summed E-state index contributed by atoms with van der Waals surface area (Å²) in [4.78, 5) is 20.4. The smallest absolute Gasteiger partial charge is 0.164 e.